The fourth-order valence-electron chi connectivity index (χ4n) is 4.27. The number of carbonyl (C=O) groups excluding carboxylic acids is 2. The average molecular weight is 373 g/mol. The normalized spacial score (nSPS) is 21.0. The highest BCUT2D eigenvalue weighted by molar-refractivity contribution is 5.80. The van der Waals surface area contributed by atoms with E-state index in [0.717, 1.165) is 44.6 Å². The minimum Gasteiger partial charge on any atom is -0.366 e. The van der Waals surface area contributed by atoms with Gasteiger partial charge in [-0.1, -0.05) is 6.07 Å². The largest absolute Gasteiger partial charge is 0.366 e. The van der Waals surface area contributed by atoms with E-state index >= 15 is 0 Å². The molecule has 3 rings (SSSR count). The van der Waals surface area contributed by atoms with Crippen LogP contribution in [0.15, 0.2) is 24.4 Å². The molecule has 2 aliphatic heterocycles. The Labute approximate surface area is 161 Å². The molecule has 0 saturated carbocycles. The monoisotopic (exact) mass is 373 g/mol. The molecular formula is C21H31N3O3. The summed E-state index contributed by atoms with van der Waals surface area (Å²) in [6.07, 6.45) is 4.82. The molecule has 148 valence electrons. The standard InChI is InChI=1S/C21H31N3O3/c1-16(2)27-17(3)20(26)23-12-9-21(10-13-23)8-7-19(25)24(15-21)14-18-6-4-5-11-22-18/h4-6,11,16-17H,7-10,12-15H2,1-3H3. The summed E-state index contributed by atoms with van der Waals surface area (Å²) in [7, 11) is 0. The van der Waals surface area contributed by atoms with Gasteiger partial charge >= 0.3 is 0 Å². The fourth-order valence-corrected chi connectivity index (χ4v) is 4.27. The number of ether oxygens (including phenoxy) is 1. The van der Waals surface area contributed by atoms with Crippen LogP contribution in [0.3, 0.4) is 0 Å². The van der Waals surface area contributed by atoms with Crippen LogP contribution in [0.5, 0.6) is 0 Å². The number of pyridine rings is 1. The Morgan fingerprint density at radius 1 is 1.22 bits per heavy atom. The van der Waals surface area contributed by atoms with Crippen LogP contribution in [0.25, 0.3) is 0 Å². The second-order valence-corrected chi connectivity index (χ2v) is 8.22. The first-order valence-corrected chi connectivity index (χ1v) is 10.0. The van der Waals surface area contributed by atoms with Gasteiger partial charge in [0.25, 0.3) is 5.91 Å². The molecule has 6 nitrogen and oxygen atoms in total. The molecule has 2 fully saturated rings. The maximum absolute atomic E-state index is 12.6. The third kappa shape index (κ3) is 4.86. The van der Waals surface area contributed by atoms with E-state index in [0.29, 0.717) is 13.0 Å². The highest BCUT2D eigenvalue weighted by Crippen LogP contribution is 2.40. The van der Waals surface area contributed by atoms with Gasteiger partial charge in [0.1, 0.15) is 6.10 Å². The van der Waals surface area contributed by atoms with Crippen molar-refractivity contribution in [1.82, 2.24) is 14.8 Å². The summed E-state index contributed by atoms with van der Waals surface area (Å²) >= 11 is 0. The molecule has 0 N–H and O–H groups in total. The molecule has 2 amide bonds. The van der Waals surface area contributed by atoms with E-state index in [-0.39, 0.29) is 23.3 Å². The van der Waals surface area contributed by atoms with Gasteiger partial charge in [-0.05, 0) is 57.6 Å². The first kappa shape index (κ1) is 19.8. The molecule has 2 saturated heterocycles. The molecule has 0 radical (unpaired) electrons. The van der Waals surface area contributed by atoms with E-state index in [1.165, 1.54) is 0 Å². The van der Waals surface area contributed by atoms with Crippen LogP contribution in [0.2, 0.25) is 0 Å². The van der Waals surface area contributed by atoms with Crippen molar-refractivity contribution in [2.45, 2.75) is 65.2 Å². The van der Waals surface area contributed by atoms with Gasteiger partial charge in [0.15, 0.2) is 0 Å². The molecule has 1 aromatic rings. The molecule has 0 aliphatic carbocycles. The molecule has 1 unspecified atom stereocenters. The molecule has 2 aliphatic rings. The number of nitrogens with zero attached hydrogens (tertiary/aromatic N) is 3. The lowest BCUT2D eigenvalue weighted by Crippen LogP contribution is -2.53. The first-order chi connectivity index (χ1) is 12.9. The predicted octanol–water partition coefficient (Wildman–Crippen LogP) is 2.63. The first-order valence-electron chi connectivity index (χ1n) is 10.0. The van der Waals surface area contributed by atoms with Gasteiger partial charge in [0.2, 0.25) is 5.91 Å². The Morgan fingerprint density at radius 2 is 1.96 bits per heavy atom. The number of rotatable bonds is 5. The Hall–Kier alpha value is -1.95. The summed E-state index contributed by atoms with van der Waals surface area (Å²) in [6, 6.07) is 5.81. The van der Waals surface area contributed by atoms with Crippen molar-refractivity contribution in [3.63, 3.8) is 0 Å². The summed E-state index contributed by atoms with van der Waals surface area (Å²) < 4.78 is 5.65. The van der Waals surface area contributed by atoms with Gasteiger partial charge in [-0.2, -0.15) is 0 Å². The molecule has 1 atom stereocenters. The van der Waals surface area contributed by atoms with Gasteiger partial charge in [0, 0.05) is 32.3 Å². The van der Waals surface area contributed by atoms with E-state index in [4.69, 9.17) is 4.74 Å². The average Bonchev–Trinajstić information content (AvgIpc) is 2.65. The molecule has 3 heterocycles. The number of aromatic nitrogens is 1. The van der Waals surface area contributed by atoms with Gasteiger partial charge in [-0.25, -0.2) is 0 Å². The van der Waals surface area contributed by atoms with Crippen LogP contribution in [-0.4, -0.2) is 58.4 Å². The minimum absolute atomic E-state index is 0.0459. The zero-order valence-corrected chi connectivity index (χ0v) is 16.7. The van der Waals surface area contributed by atoms with Crippen LogP contribution in [0, 0.1) is 5.41 Å². The number of hydrogen-bond acceptors (Lipinski definition) is 4. The molecular weight excluding hydrogens is 342 g/mol. The number of amides is 2. The second kappa shape index (κ2) is 8.38. The van der Waals surface area contributed by atoms with E-state index in [1.54, 1.807) is 6.20 Å². The lowest BCUT2D eigenvalue weighted by Gasteiger charge is -2.47. The zero-order chi connectivity index (χ0) is 19.4. The van der Waals surface area contributed by atoms with Crippen molar-refractivity contribution >= 4 is 11.8 Å². The van der Waals surface area contributed by atoms with Crippen molar-refractivity contribution in [1.29, 1.82) is 0 Å². The SMILES string of the molecule is CC(C)OC(C)C(=O)N1CCC2(CCC(=O)N(Cc3ccccn3)C2)CC1. The maximum Gasteiger partial charge on any atom is 0.251 e. The van der Waals surface area contributed by atoms with Crippen molar-refractivity contribution in [3.05, 3.63) is 30.1 Å². The van der Waals surface area contributed by atoms with E-state index in [2.05, 4.69) is 4.98 Å². The van der Waals surface area contributed by atoms with Gasteiger partial charge in [0.05, 0.1) is 18.3 Å². The quantitative estimate of drug-likeness (QED) is 0.796. The van der Waals surface area contributed by atoms with E-state index < -0.39 is 6.10 Å². The molecule has 1 aromatic heterocycles. The Bertz CT molecular complexity index is 654. The van der Waals surface area contributed by atoms with Gasteiger partial charge in [-0.15, -0.1) is 0 Å². The topological polar surface area (TPSA) is 62.7 Å². The van der Waals surface area contributed by atoms with Crippen molar-refractivity contribution in [2.24, 2.45) is 5.41 Å². The van der Waals surface area contributed by atoms with Crippen LogP contribution in [0.4, 0.5) is 0 Å². The predicted molar refractivity (Wildman–Crippen MR) is 103 cm³/mol. The van der Waals surface area contributed by atoms with Crippen molar-refractivity contribution < 1.29 is 14.3 Å². The molecule has 1 spiro atoms. The Balaban J connectivity index is 1.58. The van der Waals surface area contributed by atoms with Crippen LogP contribution in [-0.2, 0) is 20.9 Å². The zero-order valence-electron chi connectivity index (χ0n) is 16.7. The maximum atomic E-state index is 12.6. The Morgan fingerprint density at radius 3 is 2.59 bits per heavy atom. The highest BCUT2D eigenvalue weighted by atomic mass is 16.5. The number of piperidine rings is 2. The minimum atomic E-state index is -0.396. The van der Waals surface area contributed by atoms with Crippen molar-refractivity contribution in [3.8, 4) is 0 Å². The second-order valence-electron chi connectivity index (χ2n) is 8.22. The van der Waals surface area contributed by atoms with Crippen LogP contribution >= 0.6 is 0 Å². The lowest BCUT2D eigenvalue weighted by molar-refractivity contribution is -0.150. The van der Waals surface area contributed by atoms with Gasteiger partial charge < -0.3 is 14.5 Å². The molecule has 0 aromatic carbocycles. The summed E-state index contributed by atoms with van der Waals surface area (Å²) in [5, 5.41) is 0. The van der Waals surface area contributed by atoms with Crippen LogP contribution in [0.1, 0.15) is 52.1 Å². The van der Waals surface area contributed by atoms with E-state index in [1.807, 2.05) is 48.8 Å². The number of carbonyl (C=O) groups is 2. The summed E-state index contributed by atoms with van der Waals surface area (Å²) in [5.41, 5.74) is 1.05. The van der Waals surface area contributed by atoms with Gasteiger partial charge in [-0.3, -0.25) is 14.6 Å². The van der Waals surface area contributed by atoms with Crippen LogP contribution < -0.4 is 0 Å². The molecule has 27 heavy (non-hydrogen) atoms. The summed E-state index contributed by atoms with van der Waals surface area (Å²) in [6.45, 7) is 8.56. The molecule has 6 heteroatoms. The fraction of sp³-hybridized carbons (Fsp3) is 0.667. The highest BCUT2D eigenvalue weighted by Gasteiger charge is 2.42. The molecule has 0 bridgehead atoms. The Kier molecular flexibility index (Phi) is 6.15. The summed E-state index contributed by atoms with van der Waals surface area (Å²) in [4.78, 5) is 33.2. The number of likely N-dealkylation sites (tertiary alicyclic amines) is 2. The smallest absolute Gasteiger partial charge is 0.251 e. The third-order valence-electron chi connectivity index (χ3n) is 5.79. The van der Waals surface area contributed by atoms with E-state index in [9.17, 15) is 9.59 Å². The third-order valence-corrected chi connectivity index (χ3v) is 5.79. The summed E-state index contributed by atoms with van der Waals surface area (Å²) in [5.74, 6) is 0.291. The lowest BCUT2D eigenvalue weighted by atomic mass is 9.72. The number of hydrogen-bond donors (Lipinski definition) is 0. The van der Waals surface area contributed by atoms with Crippen molar-refractivity contribution in [2.75, 3.05) is 19.6 Å².